The molecule has 0 fully saturated rings. The van der Waals surface area contributed by atoms with Gasteiger partial charge in [-0.05, 0) is 12.8 Å². The van der Waals surface area contributed by atoms with E-state index in [0.717, 1.165) is 38.5 Å². The highest BCUT2D eigenvalue weighted by atomic mass is 31.2. The predicted molar refractivity (Wildman–Crippen MR) is 263 cm³/mol. The number of carbonyl (C=O) groups excluding carboxylic acids is 1. The summed E-state index contributed by atoms with van der Waals surface area (Å²) >= 11 is 0. The monoisotopic (exact) mass is 888 g/mol. The zero-order valence-corrected chi connectivity index (χ0v) is 42.6. The van der Waals surface area contributed by atoms with Gasteiger partial charge < -0.3 is 19.8 Å². The fraction of sp³-hybridized carbons (Fsp3) is 0.981. The van der Waals surface area contributed by atoms with Gasteiger partial charge in [0.25, 0.3) is 0 Å². The van der Waals surface area contributed by atoms with Gasteiger partial charge >= 0.3 is 7.82 Å². The van der Waals surface area contributed by atoms with Crippen molar-refractivity contribution in [3.63, 3.8) is 0 Å². The molecule has 0 aromatic rings. The van der Waals surface area contributed by atoms with Crippen molar-refractivity contribution in [1.29, 1.82) is 0 Å². The summed E-state index contributed by atoms with van der Waals surface area (Å²) < 4.78 is 23.6. The van der Waals surface area contributed by atoms with E-state index in [-0.39, 0.29) is 19.1 Å². The first-order chi connectivity index (χ1) is 29.5. The summed E-state index contributed by atoms with van der Waals surface area (Å²) in [5.74, 6) is -0.139. The summed E-state index contributed by atoms with van der Waals surface area (Å²) in [5.41, 5.74) is 0. The Labute approximate surface area is 380 Å². The molecule has 1 amide bonds. The quantitative estimate of drug-likeness (QED) is 0.0319. The van der Waals surface area contributed by atoms with Crippen LogP contribution < -0.4 is 5.32 Å². The number of unbranched alkanes of at least 4 members (excludes halogenated alkanes) is 37. The van der Waals surface area contributed by atoms with E-state index in [1.807, 2.05) is 21.1 Å². The normalized spacial score (nSPS) is 14.0. The summed E-state index contributed by atoms with van der Waals surface area (Å²) in [6.45, 7) is 4.91. The third-order valence-corrected chi connectivity index (χ3v) is 13.6. The lowest BCUT2D eigenvalue weighted by molar-refractivity contribution is -0.870. The molecule has 61 heavy (non-hydrogen) atoms. The number of phosphoric acid groups is 1. The van der Waals surface area contributed by atoms with Crippen molar-refractivity contribution in [2.45, 2.75) is 289 Å². The second-order valence-corrected chi connectivity index (χ2v) is 21.4. The van der Waals surface area contributed by atoms with Gasteiger partial charge in [-0.15, -0.1) is 0 Å². The molecule has 8 nitrogen and oxygen atoms in total. The molecule has 3 atom stereocenters. The van der Waals surface area contributed by atoms with Crippen molar-refractivity contribution in [1.82, 2.24) is 5.32 Å². The standard InChI is InChI=1S/C52H107N2O6P/c1-6-8-10-12-14-16-18-19-20-21-22-23-24-25-26-27-28-29-30-31-32-33-34-35-36-38-40-42-44-46-52(56)53-50(49-60-61(57,58)59-48-47-54(3,4)5)51(55)45-43-41-39-37-17-15-13-11-9-7-2/h50-51,55H,6-49H2,1-5H3,(H-,53,56,57,58)/p+1. The molecule has 0 aliphatic heterocycles. The number of quaternary nitrogens is 1. The van der Waals surface area contributed by atoms with Gasteiger partial charge in [-0.1, -0.05) is 258 Å². The van der Waals surface area contributed by atoms with Gasteiger partial charge in [0.2, 0.25) is 5.91 Å². The minimum Gasteiger partial charge on any atom is -0.391 e. The molecule has 0 rings (SSSR count). The minimum atomic E-state index is -4.31. The SMILES string of the molecule is CCCCCCCCCCCCCCCCCCCCCCCCCCCCCCCC(=O)NC(COP(=O)(O)OCC[N+](C)(C)C)C(O)CCCCCCCCCCCC. The molecular weight excluding hydrogens is 780 g/mol. The van der Waals surface area contributed by atoms with Gasteiger partial charge in [0.05, 0.1) is 39.9 Å². The minimum absolute atomic E-state index is 0.0785. The maximum atomic E-state index is 12.9. The Bertz CT molecular complexity index is 963. The van der Waals surface area contributed by atoms with Crippen LogP contribution in [-0.2, 0) is 18.4 Å². The summed E-state index contributed by atoms with van der Waals surface area (Å²) in [6.07, 6.45) is 51.7. The number of carbonyl (C=O) groups is 1. The van der Waals surface area contributed by atoms with Crippen molar-refractivity contribution in [2.24, 2.45) is 0 Å². The third-order valence-electron chi connectivity index (χ3n) is 12.6. The van der Waals surface area contributed by atoms with Crippen LogP contribution in [0.5, 0.6) is 0 Å². The van der Waals surface area contributed by atoms with Crippen LogP contribution >= 0.6 is 7.82 Å². The number of nitrogens with zero attached hydrogens (tertiary/aromatic N) is 1. The summed E-state index contributed by atoms with van der Waals surface area (Å²) in [7, 11) is 1.63. The zero-order valence-electron chi connectivity index (χ0n) is 41.7. The van der Waals surface area contributed by atoms with Crippen molar-refractivity contribution in [3.8, 4) is 0 Å². The molecule has 0 aromatic carbocycles. The van der Waals surface area contributed by atoms with E-state index in [1.54, 1.807) is 0 Å². The van der Waals surface area contributed by atoms with E-state index in [0.29, 0.717) is 23.9 Å². The summed E-state index contributed by atoms with van der Waals surface area (Å²) in [6, 6.07) is -0.753. The molecular formula is C52H108N2O6P+. The number of phosphoric ester groups is 1. The topological polar surface area (TPSA) is 105 Å². The molecule has 366 valence electrons. The van der Waals surface area contributed by atoms with Gasteiger partial charge in [0, 0.05) is 6.42 Å². The molecule has 0 saturated carbocycles. The van der Waals surface area contributed by atoms with Crippen molar-refractivity contribution in [3.05, 3.63) is 0 Å². The number of aliphatic hydroxyl groups is 1. The number of hydrogen-bond acceptors (Lipinski definition) is 5. The summed E-state index contributed by atoms with van der Waals surface area (Å²) in [4.78, 5) is 23.2. The maximum Gasteiger partial charge on any atom is 0.472 e. The van der Waals surface area contributed by atoms with E-state index < -0.39 is 20.0 Å². The fourth-order valence-electron chi connectivity index (χ4n) is 8.34. The summed E-state index contributed by atoms with van der Waals surface area (Å²) in [5, 5.41) is 14.0. The molecule has 0 aliphatic rings. The lowest BCUT2D eigenvalue weighted by Crippen LogP contribution is -2.46. The maximum absolute atomic E-state index is 12.9. The Kier molecular flexibility index (Phi) is 44.3. The Morgan fingerprint density at radius 2 is 0.787 bits per heavy atom. The molecule has 0 bridgehead atoms. The first-order valence-electron chi connectivity index (χ1n) is 26.9. The molecule has 3 N–H and O–H groups in total. The lowest BCUT2D eigenvalue weighted by Gasteiger charge is -2.26. The zero-order chi connectivity index (χ0) is 45.0. The Morgan fingerprint density at radius 3 is 1.10 bits per heavy atom. The first-order valence-corrected chi connectivity index (χ1v) is 28.4. The van der Waals surface area contributed by atoms with Crippen LogP contribution in [0.2, 0.25) is 0 Å². The van der Waals surface area contributed by atoms with Crippen LogP contribution in [0.4, 0.5) is 0 Å². The van der Waals surface area contributed by atoms with Gasteiger partial charge in [-0.2, -0.15) is 0 Å². The largest absolute Gasteiger partial charge is 0.472 e. The molecule has 0 aromatic heterocycles. The highest BCUT2D eigenvalue weighted by Crippen LogP contribution is 2.43. The number of nitrogens with one attached hydrogen (secondary N) is 1. The third kappa shape index (κ3) is 47.3. The second-order valence-electron chi connectivity index (χ2n) is 20.0. The highest BCUT2D eigenvalue weighted by Gasteiger charge is 2.28. The molecule has 0 heterocycles. The van der Waals surface area contributed by atoms with E-state index >= 15 is 0 Å². The van der Waals surface area contributed by atoms with Crippen molar-refractivity contribution >= 4 is 13.7 Å². The number of rotatable bonds is 50. The molecule has 0 spiro atoms. The van der Waals surface area contributed by atoms with Crippen molar-refractivity contribution < 1.29 is 32.9 Å². The van der Waals surface area contributed by atoms with Gasteiger partial charge in [0.15, 0.2) is 0 Å². The van der Waals surface area contributed by atoms with Crippen molar-refractivity contribution in [2.75, 3.05) is 40.9 Å². The van der Waals surface area contributed by atoms with E-state index in [1.165, 1.54) is 212 Å². The van der Waals surface area contributed by atoms with Gasteiger partial charge in [-0.3, -0.25) is 13.8 Å². The predicted octanol–water partition coefficient (Wildman–Crippen LogP) is 15.7. The van der Waals surface area contributed by atoms with Crippen LogP contribution in [0.1, 0.15) is 277 Å². The average Bonchev–Trinajstić information content (AvgIpc) is 3.21. The molecule has 9 heteroatoms. The number of amides is 1. The molecule has 0 aliphatic carbocycles. The Morgan fingerprint density at radius 1 is 0.492 bits per heavy atom. The average molecular weight is 888 g/mol. The molecule has 3 unspecified atom stereocenters. The van der Waals surface area contributed by atoms with Crippen LogP contribution in [0, 0.1) is 0 Å². The van der Waals surface area contributed by atoms with Gasteiger partial charge in [0.1, 0.15) is 13.2 Å². The molecule has 0 saturated heterocycles. The Balaban J connectivity index is 3.95. The van der Waals surface area contributed by atoms with E-state index in [2.05, 4.69) is 19.2 Å². The van der Waals surface area contributed by atoms with E-state index in [9.17, 15) is 19.4 Å². The van der Waals surface area contributed by atoms with Crippen LogP contribution in [0.15, 0.2) is 0 Å². The van der Waals surface area contributed by atoms with Crippen LogP contribution in [-0.4, -0.2) is 73.4 Å². The van der Waals surface area contributed by atoms with Crippen LogP contribution in [0.25, 0.3) is 0 Å². The number of hydrogen-bond donors (Lipinski definition) is 3. The van der Waals surface area contributed by atoms with Crippen LogP contribution in [0.3, 0.4) is 0 Å². The second kappa shape index (κ2) is 44.7. The number of aliphatic hydroxyl groups excluding tert-OH is 1. The lowest BCUT2D eigenvalue weighted by atomic mass is 10.0. The van der Waals surface area contributed by atoms with E-state index in [4.69, 9.17) is 9.05 Å². The first kappa shape index (κ1) is 60.5. The van der Waals surface area contributed by atoms with Gasteiger partial charge in [-0.25, -0.2) is 4.57 Å². The fourth-order valence-corrected chi connectivity index (χ4v) is 9.08. The highest BCUT2D eigenvalue weighted by molar-refractivity contribution is 7.47. The molecule has 0 radical (unpaired) electrons. The Hall–Kier alpha value is -0.500. The number of likely N-dealkylation sites (N-methyl/N-ethyl adjacent to an activating group) is 1. The smallest absolute Gasteiger partial charge is 0.391 e.